The maximum absolute atomic E-state index is 11.9. The lowest BCUT2D eigenvalue weighted by Gasteiger charge is -2.26. The molecule has 0 atom stereocenters. The van der Waals surface area contributed by atoms with Gasteiger partial charge < -0.3 is 20.4 Å². The van der Waals surface area contributed by atoms with E-state index in [2.05, 4.69) is 10.6 Å². The van der Waals surface area contributed by atoms with Crippen LogP contribution < -0.4 is 10.6 Å². The Kier molecular flexibility index (Phi) is 5.44. The number of urea groups is 1. The summed E-state index contributed by atoms with van der Waals surface area (Å²) in [5.74, 6) is 0.256. The van der Waals surface area contributed by atoms with Gasteiger partial charge >= 0.3 is 6.03 Å². The Labute approximate surface area is 114 Å². The van der Waals surface area contributed by atoms with Gasteiger partial charge in [0.1, 0.15) is 0 Å². The van der Waals surface area contributed by atoms with E-state index in [1.54, 1.807) is 4.90 Å². The molecule has 0 radical (unpaired) electrons. The van der Waals surface area contributed by atoms with E-state index >= 15 is 0 Å². The van der Waals surface area contributed by atoms with E-state index in [0.717, 1.165) is 45.6 Å². The molecule has 6 nitrogen and oxygen atoms in total. The molecule has 2 aliphatic rings. The van der Waals surface area contributed by atoms with E-state index in [-0.39, 0.29) is 11.9 Å². The number of hydrogen-bond acceptors (Lipinski definition) is 3. The number of carbonyl (C=O) groups is 2. The molecule has 0 spiro atoms. The summed E-state index contributed by atoms with van der Waals surface area (Å²) >= 11 is 0. The van der Waals surface area contributed by atoms with Gasteiger partial charge in [-0.05, 0) is 19.3 Å². The van der Waals surface area contributed by atoms with Crippen molar-refractivity contribution in [1.82, 2.24) is 20.4 Å². The van der Waals surface area contributed by atoms with Gasteiger partial charge in [-0.25, -0.2) is 4.79 Å². The lowest BCUT2D eigenvalue weighted by atomic mass is 10.1. The van der Waals surface area contributed by atoms with Gasteiger partial charge in [-0.15, -0.1) is 0 Å². The standard InChI is InChI=1S/C13H24N4O2/c18-12(16-8-2-1-3-9-16)4-5-14-6-10-17-11-7-15-13(17)19/h14H,1-11H2,(H,15,19). The predicted molar refractivity (Wildman–Crippen MR) is 72.9 cm³/mol. The first-order valence-corrected chi connectivity index (χ1v) is 7.28. The Morgan fingerprint density at radius 1 is 1.16 bits per heavy atom. The Bertz CT molecular complexity index is 316. The summed E-state index contributed by atoms with van der Waals surface area (Å²) in [5, 5.41) is 6.00. The molecule has 2 saturated heterocycles. The minimum absolute atomic E-state index is 0.0196. The van der Waals surface area contributed by atoms with Crippen LogP contribution in [0.2, 0.25) is 0 Å². The highest BCUT2D eigenvalue weighted by Gasteiger charge is 2.18. The minimum Gasteiger partial charge on any atom is -0.343 e. The summed E-state index contributed by atoms with van der Waals surface area (Å²) < 4.78 is 0. The average molecular weight is 268 g/mol. The Hall–Kier alpha value is -1.30. The fourth-order valence-corrected chi connectivity index (χ4v) is 2.56. The highest BCUT2D eigenvalue weighted by Crippen LogP contribution is 2.09. The molecule has 108 valence electrons. The van der Waals surface area contributed by atoms with Crippen molar-refractivity contribution in [2.45, 2.75) is 25.7 Å². The maximum atomic E-state index is 11.9. The normalized spacial score (nSPS) is 19.7. The summed E-state index contributed by atoms with van der Waals surface area (Å²) in [6, 6.07) is 0.0196. The zero-order chi connectivity index (χ0) is 13.5. The van der Waals surface area contributed by atoms with Gasteiger partial charge in [0.25, 0.3) is 0 Å². The van der Waals surface area contributed by atoms with Crippen molar-refractivity contribution >= 4 is 11.9 Å². The van der Waals surface area contributed by atoms with Crippen LogP contribution in [0.3, 0.4) is 0 Å². The van der Waals surface area contributed by atoms with Gasteiger partial charge in [0.15, 0.2) is 0 Å². The van der Waals surface area contributed by atoms with Crippen LogP contribution >= 0.6 is 0 Å². The van der Waals surface area contributed by atoms with Crippen LogP contribution in [0.15, 0.2) is 0 Å². The summed E-state index contributed by atoms with van der Waals surface area (Å²) in [5.41, 5.74) is 0. The molecule has 0 saturated carbocycles. The van der Waals surface area contributed by atoms with Gasteiger partial charge in [-0.3, -0.25) is 4.79 Å². The van der Waals surface area contributed by atoms with Crippen LogP contribution in [-0.4, -0.2) is 67.6 Å². The number of carbonyl (C=O) groups excluding carboxylic acids is 2. The molecule has 2 N–H and O–H groups in total. The lowest BCUT2D eigenvalue weighted by molar-refractivity contribution is -0.131. The Morgan fingerprint density at radius 2 is 1.95 bits per heavy atom. The summed E-state index contributed by atoms with van der Waals surface area (Å²) in [4.78, 5) is 26.9. The number of rotatable bonds is 6. The molecule has 0 unspecified atom stereocenters. The number of piperidine rings is 1. The smallest absolute Gasteiger partial charge is 0.317 e. The largest absolute Gasteiger partial charge is 0.343 e. The molecule has 2 fully saturated rings. The summed E-state index contributed by atoms with van der Waals surface area (Å²) in [6.07, 6.45) is 4.10. The number of hydrogen-bond donors (Lipinski definition) is 2. The third kappa shape index (κ3) is 4.38. The van der Waals surface area contributed by atoms with Crippen LogP contribution in [-0.2, 0) is 4.79 Å². The first-order valence-electron chi connectivity index (χ1n) is 7.28. The van der Waals surface area contributed by atoms with Gasteiger partial charge in [0.05, 0.1) is 0 Å². The predicted octanol–water partition coefficient (Wildman–Crippen LogP) is 0.00380. The molecule has 0 bridgehead atoms. The lowest BCUT2D eigenvalue weighted by Crippen LogP contribution is -2.38. The van der Waals surface area contributed by atoms with Gasteiger partial charge in [-0.2, -0.15) is 0 Å². The van der Waals surface area contributed by atoms with E-state index in [1.165, 1.54) is 6.42 Å². The van der Waals surface area contributed by atoms with Crippen LogP contribution in [0.4, 0.5) is 4.79 Å². The van der Waals surface area contributed by atoms with Crippen LogP contribution in [0.1, 0.15) is 25.7 Å². The first-order chi connectivity index (χ1) is 9.27. The van der Waals surface area contributed by atoms with Crippen molar-refractivity contribution in [2.75, 3.05) is 45.8 Å². The summed E-state index contributed by atoms with van der Waals surface area (Å²) in [6.45, 7) is 5.54. The molecule has 0 aromatic heterocycles. The molecule has 6 heteroatoms. The third-order valence-corrected chi connectivity index (χ3v) is 3.73. The number of amides is 3. The first kappa shape index (κ1) is 14.1. The molecule has 2 rings (SSSR count). The van der Waals surface area contributed by atoms with Crippen molar-refractivity contribution in [2.24, 2.45) is 0 Å². The Balaban J connectivity index is 1.51. The van der Waals surface area contributed by atoms with Gasteiger partial charge in [0, 0.05) is 52.2 Å². The number of nitrogens with zero attached hydrogens (tertiary/aromatic N) is 2. The molecule has 3 amide bonds. The fraction of sp³-hybridized carbons (Fsp3) is 0.846. The van der Waals surface area contributed by atoms with E-state index in [4.69, 9.17) is 0 Å². The highest BCUT2D eigenvalue weighted by atomic mass is 16.2. The summed E-state index contributed by atoms with van der Waals surface area (Å²) in [7, 11) is 0. The van der Waals surface area contributed by atoms with E-state index in [0.29, 0.717) is 19.5 Å². The van der Waals surface area contributed by atoms with E-state index in [9.17, 15) is 9.59 Å². The molecule has 0 aromatic rings. The second kappa shape index (κ2) is 7.33. The maximum Gasteiger partial charge on any atom is 0.317 e. The van der Waals surface area contributed by atoms with E-state index in [1.807, 2.05) is 4.90 Å². The third-order valence-electron chi connectivity index (χ3n) is 3.73. The zero-order valence-corrected chi connectivity index (χ0v) is 11.5. The quantitative estimate of drug-likeness (QED) is 0.667. The second-order valence-corrected chi connectivity index (χ2v) is 5.16. The van der Waals surface area contributed by atoms with Crippen molar-refractivity contribution in [1.29, 1.82) is 0 Å². The van der Waals surface area contributed by atoms with Crippen LogP contribution in [0.25, 0.3) is 0 Å². The van der Waals surface area contributed by atoms with Crippen molar-refractivity contribution < 1.29 is 9.59 Å². The van der Waals surface area contributed by atoms with Crippen molar-refractivity contribution in [3.8, 4) is 0 Å². The molecular formula is C13H24N4O2. The molecule has 2 heterocycles. The second-order valence-electron chi connectivity index (χ2n) is 5.16. The highest BCUT2D eigenvalue weighted by molar-refractivity contribution is 5.76. The zero-order valence-electron chi connectivity index (χ0n) is 11.5. The van der Waals surface area contributed by atoms with Crippen LogP contribution in [0, 0.1) is 0 Å². The fourth-order valence-electron chi connectivity index (χ4n) is 2.56. The van der Waals surface area contributed by atoms with Crippen LogP contribution in [0.5, 0.6) is 0 Å². The van der Waals surface area contributed by atoms with Crippen molar-refractivity contribution in [3.05, 3.63) is 0 Å². The topological polar surface area (TPSA) is 64.7 Å². The number of nitrogens with one attached hydrogen (secondary N) is 2. The molecule has 0 aliphatic carbocycles. The van der Waals surface area contributed by atoms with E-state index < -0.39 is 0 Å². The molecule has 0 aromatic carbocycles. The molecular weight excluding hydrogens is 244 g/mol. The SMILES string of the molecule is O=C(CCNCCN1CCNC1=O)N1CCCCC1. The molecule has 2 aliphatic heterocycles. The minimum atomic E-state index is 0.0196. The van der Waals surface area contributed by atoms with Gasteiger partial charge in [0.2, 0.25) is 5.91 Å². The number of likely N-dealkylation sites (tertiary alicyclic amines) is 1. The van der Waals surface area contributed by atoms with Crippen molar-refractivity contribution in [3.63, 3.8) is 0 Å². The monoisotopic (exact) mass is 268 g/mol. The molecule has 19 heavy (non-hydrogen) atoms. The Morgan fingerprint density at radius 3 is 2.63 bits per heavy atom. The van der Waals surface area contributed by atoms with Gasteiger partial charge in [-0.1, -0.05) is 0 Å². The average Bonchev–Trinajstić information content (AvgIpc) is 2.85.